The number of benzene rings is 3. The van der Waals surface area contributed by atoms with E-state index in [9.17, 15) is 22.0 Å². The number of halogens is 6. The second-order valence-electron chi connectivity index (χ2n) is 5.87. The van der Waals surface area contributed by atoms with E-state index in [1.807, 2.05) is 0 Å². The second kappa shape index (κ2) is 7.31. The first kappa shape index (κ1) is 19.4. The first-order chi connectivity index (χ1) is 12.7. The number of aryl methyl sites for hydroxylation is 1. The molecule has 0 N–H and O–H groups in total. The Morgan fingerprint density at radius 2 is 1.41 bits per heavy atom. The van der Waals surface area contributed by atoms with Crippen LogP contribution in [0.5, 0.6) is 5.75 Å². The van der Waals surface area contributed by atoms with Gasteiger partial charge in [0.1, 0.15) is 28.8 Å². The Balaban J connectivity index is 2.00. The Bertz CT molecular complexity index is 963. The van der Waals surface area contributed by atoms with Crippen molar-refractivity contribution < 1.29 is 26.7 Å². The predicted octanol–water partition coefficient (Wildman–Crippen LogP) is 6.97. The molecule has 0 saturated heterocycles. The Morgan fingerprint density at radius 3 is 1.96 bits per heavy atom. The van der Waals surface area contributed by atoms with Gasteiger partial charge in [-0.25, -0.2) is 13.2 Å². The second-order valence-corrected chi connectivity index (χ2v) is 6.79. The molecule has 140 valence electrons. The molecule has 27 heavy (non-hydrogen) atoms. The Hall–Kier alpha value is -2.41. The van der Waals surface area contributed by atoms with Gasteiger partial charge in [-0.2, -0.15) is 8.78 Å². The summed E-state index contributed by atoms with van der Waals surface area (Å²) in [5, 5.41) is 0. The van der Waals surface area contributed by atoms with E-state index in [0.717, 1.165) is 11.6 Å². The van der Waals surface area contributed by atoms with Gasteiger partial charge in [0.25, 0.3) is 0 Å². The SMILES string of the molecule is Cc1ccc(OC(F)(F)c2c(F)cc(-c3ccc(Br)cc3F)cc2F)cc1. The van der Waals surface area contributed by atoms with Crippen molar-refractivity contribution >= 4 is 15.9 Å². The van der Waals surface area contributed by atoms with E-state index < -0.39 is 29.1 Å². The van der Waals surface area contributed by atoms with Crippen LogP contribution in [0.2, 0.25) is 0 Å². The first-order valence-corrected chi connectivity index (χ1v) is 8.55. The van der Waals surface area contributed by atoms with Crippen LogP contribution in [0.4, 0.5) is 22.0 Å². The number of alkyl halides is 2. The molecule has 0 heterocycles. The lowest BCUT2D eigenvalue weighted by atomic mass is 10.0. The molecular formula is C20H12BrF5O. The van der Waals surface area contributed by atoms with Gasteiger partial charge in [-0.1, -0.05) is 39.7 Å². The van der Waals surface area contributed by atoms with Crippen LogP contribution in [-0.2, 0) is 6.11 Å². The van der Waals surface area contributed by atoms with Crippen molar-refractivity contribution in [1.82, 2.24) is 0 Å². The molecule has 7 heteroatoms. The fourth-order valence-corrected chi connectivity index (χ4v) is 2.87. The monoisotopic (exact) mass is 442 g/mol. The number of rotatable bonds is 4. The van der Waals surface area contributed by atoms with Crippen LogP contribution in [-0.4, -0.2) is 0 Å². The largest absolute Gasteiger partial charge is 0.432 e. The fourth-order valence-electron chi connectivity index (χ4n) is 2.54. The molecule has 3 aromatic carbocycles. The topological polar surface area (TPSA) is 9.23 Å². The summed E-state index contributed by atoms with van der Waals surface area (Å²) in [5.74, 6) is -4.07. The first-order valence-electron chi connectivity index (χ1n) is 7.76. The molecule has 0 saturated carbocycles. The third-order valence-corrected chi connectivity index (χ3v) is 4.34. The molecule has 1 nitrogen and oxygen atoms in total. The number of hydrogen-bond donors (Lipinski definition) is 0. The molecule has 0 aliphatic carbocycles. The standard InChI is InChI=1S/C20H12BrF5O/c1-11-2-5-14(6-3-11)27-20(25,26)19-17(23)8-12(9-18(19)24)15-7-4-13(21)10-16(15)22/h2-10H,1H3. The molecule has 0 bridgehead atoms. The average molecular weight is 443 g/mol. The van der Waals surface area contributed by atoms with E-state index in [-0.39, 0.29) is 16.9 Å². The minimum Gasteiger partial charge on any atom is -0.429 e. The summed E-state index contributed by atoms with van der Waals surface area (Å²) in [7, 11) is 0. The number of hydrogen-bond acceptors (Lipinski definition) is 1. The van der Waals surface area contributed by atoms with E-state index in [0.29, 0.717) is 16.6 Å². The van der Waals surface area contributed by atoms with Crippen molar-refractivity contribution in [3.63, 3.8) is 0 Å². The zero-order valence-electron chi connectivity index (χ0n) is 13.9. The molecule has 0 aromatic heterocycles. The van der Waals surface area contributed by atoms with Crippen LogP contribution in [0.25, 0.3) is 11.1 Å². The van der Waals surface area contributed by atoms with Gasteiger partial charge in [0.2, 0.25) is 0 Å². The Labute approximate surface area is 160 Å². The minimum absolute atomic E-state index is 0.120. The van der Waals surface area contributed by atoms with Gasteiger partial charge in [-0.15, -0.1) is 0 Å². The molecule has 3 aromatic rings. The summed E-state index contributed by atoms with van der Waals surface area (Å²) < 4.78 is 76.3. The van der Waals surface area contributed by atoms with E-state index in [1.54, 1.807) is 6.92 Å². The van der Waals surface area contributed by atoms with Gasteiger partial charge in [-0.3, -0.25) is 0 Å². The zero-order chi connectivity index (χ0) is 19.8. The normalized spacial score (nSPS) is 11.5. The summed E-state index contributed by atoms with van der Waals surface area (Å²) in [4.78, 5) is 0. The third kappa shape index (κ3) is 4.13. The van der Waals surface area contributed by atoms with Gasteiger partial charge < -0.3 is 4.74 Å². The van der Waals surface area contributed by atoms with Crippen LogP contribution in [0.1, 0.15) is 11.1 Å². The molecule has 0 atom stereocenters. The van der Waals surface area contributed by atoms with Crippen LogP contribution in [0.3, 0.4) is 0 Å². The molecule has 3 rings (SSSR count). The predicted molar refractivity (Wildman–Crippen MR) is 95.2 cm³/mol. The molecule has 0 aliphatic rings. The lowest BCUT2D eigenvalue weighted by Gasteiger charge is -2.20. The van der Waals surface area contributed by atoms with Crippen molar-refractivity contribution in [3.8, 4) is 16.9 Å². The van der Waals surface area contributed by atoms with E-state index in [2.05, 4.69) is 20.7 Å². The summed E-state index contributed by atoms with van der Waals surface area (Å²) in [6.07, 6.45) is -4.25. The zero-order valence-corrected chi connectivity index (χ0v) is 15.5. The maximum absolute atomic E-state index is 14.3. The quantitative estimate of drug-likeness (QED) is 0.396. The van der Waals surface area contributed by atoms with Crippen molar-refractivity contribution in [3.05, 3.63) is 87.6 Å². The van der Waals surface area contributed by atoms with Crippen LogP contribution in [0.15, 0.2) is 59.1 Å². The summed E-state index contributed by atoms with van der Waals surface area (Å²) in [6, 6.07) is 10.7. The molecule has 0 fully saturated rings. The molecule has 0 unspecified atom stereocenters. The van der Waals surface area contributed by atoms with Gasteiger partial charge in [-0.05, 0) is 48.9 Å². The summed E-state index contributed by atoms with van der Waals surface area (Å²) in [6.45, 7) is 1.75. The lowest BCUT2D eigenvalue weighted by Crippen LogP contribution is -2.25. The minimum atomic E-state index is -4.25. The molecule has 0 aliphatic heterocycles. The van der Waals surface area contributed by atoms with Crippen LogP contribution in [0, 0.1) is 24.4 Å². The highest BCUT2D eigenvalue weighted by atomic mass is 79.9. The summed E-state index contributed by atoms with van der Waals surface area (Å²) >= 11 is 3.07. The van der Waals surface area contributed by atoms with Crippen molar-refractivity contribution in [1.29, 1.82) is 0 Å². The van der Waals surface area contributed by atoms with Gasteiger partial charge in [0.15, 0.2) is 0 Å². The van der Waals surface area contributed by atoms with Gasteiger partial charge >= 0.3 is 6.11 Å². The van der Waals surface area contributed by atoms with Gasteiger partial charge in [0.05, 0.1) is 0 Å². The van der Waals surface area contributed by atoms with Crippen molar-refractivity contribution in [2.75, 3.05) is 0 Å². The molecule has 0 spiro atoms. The molecular weight excluding hydrogens is 431 g/mol. The highest BCUT2D eigenvalue weighted by molar-refractivity contribution is 9.10. The molecule has 0 radical (unpaired) electrons. The maximum atomic E-state index is 14.3. The van der Waals surface area contributed by atoms with Crippen molar-refractivity contribution in [2.45, 2.75) is 13.0 Å². The van der Waals surface area contributed by atoms with E-state index >= 15 is 0 Å². The van der Waals surface area contributed by atoms with E-state index in [4.69, 9.17) is 0 Å². The maximum Gasteiger partial charge on any atom is 0.432 e. The van der Waals surface area contributed by atoms with Crippen LogP contribution >= 0.6 is 15.9 Å². The smallest absolute Gasteiger partial charge is 0.429 e. The highest BCUT2D eigenvalue weighted by Gasteiger charge is 2.41. The fraction of sp³-hybridized carbons (Fsp3) is 0.100. The number of ether oxygens (including phenoxy) is 1. The van der Waals surface area contributed by atoms with Gasteiger partial charge in [0, 0.05) is 10.0 Å². The lowest BCUT2D eigenvalue weighted by molar-refractivity contribution is -0.189. The Morgan fingerprint density at radius 1 is 0.815 bits per heavy atom. The average Bonchev–Trinajstić information content (AvgIpc) is 2.55. The highest BCUT2D eigenvalue weighted by Crippen LogP contribution is 2.37. The van der Waals surface area contributed by atoms with E-state index in [1.165, 1.54) is 36.4 Å². The third-order valence-electron chi connectivity index (χ3n) is 3.84. The Kier molecular flexibility index (Phi) is 5.24. The van der Waals surface area contributed by atoms with Crippen LogP contribution < -0.4 is 4.74 Å². The molecule has 0 amide bonds. The van der Waals surface area contributed by atoms with Crippen molar-refractivity contribution in [2.24, 2.45) is 0 Å². The summed E-state index contributed by atoms with van der Waals surface area (Å²) in [5.41, 5.74) is -1.05.